The number of methoxy groups -OCH3 is 1. The Hall–Kier alpha value is -1.01. The molecule has 0 rings (SSSR count). The Morgan fingerprint density at radius 2 is 1.40 bits per heavy atom. The fraction of sp³-hybridized carbons (Fsp3) is 0.864. The lowest BCUT2D eigenvalue weighted by molar-refractivity contribution is -0.150. The van der Waals surface area contributed by atoms with Gasteiger partial charge in [0.2, 0.25) is 0 Å². The van der Waals surface area contributed by atoms with E-state index in [0.717, 1.165) is 19.3 Å². The molecule has 0 aliphatic heterocycles. The number of ether oxygens (including phenoxy) is 2. The molecule has 3 heteroatoms. The standard InChI is InChI=1S/C22H40O3/c1-5-8-9-10-11-12-13-14-15-16-17-18-21(23)25-20-22(7-3,24-4)19-6-2/h3H,5-6,8-20H2,1-2,4H3. The molecule has 0 aromatic carbocycles. The molecular weight excluding hydrogens is 312 g/mol. The van der Waals surface area contributed by atoms with E-state index in [-0.39, 0.29) is 12.6 Å². The number of carbonyl (C=O) groups excluding carboxylic acids is 1. The smallest absolute Gasteiger partial charge is 0.305 e. The van der Waals surface area contributed by atoms with Gasteiger partial charge in [-0.3, -0.25) is 4.79 Å². The van der Waals surface area contributed by atoms with E-state index in [9.17, 15) is 4.79 Å². The van der Waals surface area contributed by atoms with E-state index < -0.39 is 5.60 Å². The summed E-state index contributed by atoms with van der Waals surface area (Å²) in [7, 11) is 1.58. The van der Waals surface area contributed by atoms with Crippen molar-refractivity contribution in [3.05, 3.63) is 0 Å². The summed E-state index contributed by atoms with van der Waals surface area (Å²) in [6.07, 6.45) is 21.6. The average molecular weight is 353 g/mol. The van der Waals surface area contributed by atoms with E-state index in [1.165, 1.54) is 57.8 Å². The summed E-state index contributed by atoms with van der Waals surface area (Å²) in [6.45, 7) is 4.45. The summed E-state index contributed by atoms with van der Waals surface area (Å²) < 4.78 is 10.7. The van der Waals surface area contributed by atoms with Crippen molar-refractivity contribution in [3.63, 3.8) is 0 Å². The Labute approximate surface area is 156 Å². The molecule has 0 fully saturated rings. The second kappa shape index (κ2) is 16.5. The monoisotopic (exact) mass is 352 g/mol. The van der Waals surface area contributed by atoms with E-state index in [0.29, 0.717) is 12.8 Å². The fourth-order valence-corrected chi connectivity index (χ4v) is 3.01. The maximum absolute atomic E-state index is 11.8. The molecule has 146 valence electrons. The number of esters is 1. The van der Waals surface area contributed by atoms with Crippen molar-refractivity contribution in [2.75, 3.05) is 13.7 Å². The van der Waals surface area contributed by atoms with Gasteiger partial charge in [0.15, 0.2) is 5.60 Å². The zero-order chi connectivity index (χ0) is 18.8. The van der Waals surface area contributed by atoms with E-state index in [1.807, 2.05) is 6.92 Å². The molecule has 0 saturated carbocycles. The lowest BCUT2D eigenvalue weighted by Crippen LogP contribution is -2.36. The quantitative estimate of drug-likeness (QED) is 0.182. The van der Waals surface area contributed by atoms with Gasteiger partial charge in [0.05, 0.1) is 0 Å². The SMILES string of the molecule is C#CC(CCC)(COC(=O)CCCCCCCCCCCCC)OC. The van der Waals surface area contributed by atoms with Crippen LogP contribution in [-0.2, 0) is 14.3 Å². The minimum Gasteiger partial charge on any atom is -0.462 e. The maximum atomic E-state index is 11.8. The van der Waals surface area contributed by atoms with Crippen molar-refractivity contribution in [2.45, 2.75) is 109 Å². The molecule has 0 bridgehead atoms. The molecule has 25 heavy (non-hydrogen) atoms. The van der Waals surface area contributed by atoms with Gasteiger partial charge in [-0.1, -0.05) is 90.4 Å². The van der Waals surface area contributed by atoms with Crippen LogP contribution < -0.4 is 0 Å². The molecule has 0 aromatic heterocycles. The zero-order valence-corrected chi connectivity index (χ0v) is 16.9. The number of unbranched alkanes of at least 4 members (excludes halogenated alkanes) is 10. The molecule has 0 aliphatic rings. The second-order valence-electron chi connectivity index (χ2n) is 7.04. The predicted octanol–water partition coefficient (Wildman–Crippen LogP) is 6.05. The van der Waals surface area contributed by atoms with Crippen LogP contribution in [0.25, 0.3) is 0 Å². The minimum atomic E-state index is -0.762. The van der Waals surface area contributed by atoms with Crippen LogP contribution in [0.4, 0.5) is 0 Å². The fourth-order valence-electron chi connectivity index (χ4n) is 3.01. The number of hydrogen-bond acceptors (Lipinski definition) is 3. The first-order valence-electron chi connectivity index (χ1n) is 10.3. The first kappa shape index (κ1) is 24.0. The summed E-state index contributed by atoms with van der Waals surface area (Å²) in [4.78, 5) is 11.8. The highest BCUT2D eigenvalue weighted by Crippen LogP contribution is 2.18. The van der Waals surface area contributed by atoms with Gasteiger partial charge >= 0.3 is 5.97 Å². The van der Waals surface area contributed by atoms with Crippen LogP contribution in [0.15, 0.2) is 0 Å². The normalized spacial score (nSPS) is 13.2. The first-order valence-corrected chi connectivity index (χ1v) is 10.3. The molecule has 0 aliphatic carbocycles. The van der Waals surface area contributed by atoms with Crippen molar-refractivity contribution >= 4 is 5.97 Å². The van der Waals surface area contributed by atoms with Crippen LogP contribution in [0.3, 0.4) is 0 Å². The van der Waals surface area contributed by atoms with Crippen molar-refractivity contribution in [1.29, 1.82) is 0 Å². The van der Waals surface area contributed by atoms with Gasteiger partial charge in [0.25, 0.3) is 0 Å². The summed E-state index contributed by atoms with van der Waals surface area (Å²) in [6, 6.07) is 0. The molecule has 3 nitrogen and oxygen atoms in total. The molecule has 0 amide bonds. The molecule has 1 atom stereocenters. The van der Waals surface area contributed by atoms with Crippen LogP contribution in [0.2, 0.25) is 0 Å². The van der Waals surface area contributed by atoms with Crippen LogP contribution in [-0.4, -0.2) is 25.3 Å². The molecule has 0 aromatic rings. The molecule has 0 spiro atoms. The summed E-state index contributed by atoms with van der Waals surface area (Å²) >= 11 is 0. The highest BCUT2D eigenvalue weighted by Gasteiger charge is 2.28. The van der Waals surface area contributed by atoms with Crippen molar-refractivity contribution in [1.82, 2.24) is 0 Å². The Morgan fingerprint density at radius 3 is 1.84 bits per heavy atom. The highest BCUT2D eigenvalue weighted by atomic mass is 16.6. The van der Waals surface area contributed by atoms with Crippen molar-refractivity contribution < 1.29 is 14.3 Å². The number of carbonyl (C=O) groups is 1. The van der Waals surface area contributed by atoms with Gasteiger partial charge in [0, 0.05) is 13.5 Å². The molecule has 0 saturated heterocycles. The van der Waals surface area contributed by atoms with E-state index in [4.69, 9.17) is 15.9 Å². The third-order valence-electron chi connectivity index (χ3n) is 4.76. The van der Waals surface area contributed by atoms with Gasteiger partial charge in [-0.25, -0.2) is 0 Å². The Bertz CT molecular complexity index is 359. The van der Waals surface area contributed by atoms with Crippen LogP contribution in [0.5, 0.6) is 0 Å². The Kier molecular flexibility index (Phi) is 15.8. The lowest BCUT2D eigenvalue weighted by atomic mass is 10.00. The third-order valence-corrected chi connectivity index (χ3v) is 4.76. The number of terminal acetylenes is 1. The number of hydrogen-bond donors (Lipinski definition) is 0. The van der Waals surface area contributed by atoms with E-state index in [2.05, 4.69) is 12.8 Å². The topological polar surface area (TPSA) is 35.5 Å². The Balaban J connectivity index is 3.57. The van der Waals surface area contributed by atoms with Crippen LogP contribution in [0, 0.1) is 12.3 Å². The largest absolute Gasteiger partial charge is 0.462 e. The first-order chi connectivity index (χ1) is 12.1. The molecular formula is C22H40O3. The summed E-state index contributed by atoms with van der Waals surface area (Å²) in [5.41, 5.74) is -0.762. The molecule has 0 heterocycles. The Morgan fingerprint density at radius 1 is 0.880 bits per heavy atom. The second-order valence-corrected chi connectivity index (χ2v) is 7.04. The molecule has 0 N–H and O–H groups in total. The predicted molar refractivity (Wildman–Crippen MR) is 106 cm³/mol. The molecule has 0 radical (unpaired) electrons. The van der Waals surface area contributed by atoms with Crippen LogP contribution >= 0.6 is 0 Å². The van der Waals surface area contributed by atoms with E-state index in [1.54, 1.807) is 7.11 Å². The molecule has 1 unspecified atom stereocenters. The van der Waals surface area contributed by atoms with Gasteiger partial charge in [-0.05, 0) is 12.8 Å². The lowest BCUT2D eigenvalue weighted by Gasteiger charge is -2.25. The van der Waals surface area contributed by atoms with Gasteiger partial charge in [-0.2, -0.15) is 0 Å². The van der Waals surface area contributed by atoms with Crippen molar-refractivity contribution in [2.24, 2.45) is 0 Å². The van der Waals surface area contributed by atoms with Gasteiger partial charge in [-0.15, -0.1) is 6.42 Å². The van der Waals surface area contributed by atoms with E-state index >= 15 is 0 Å². The maximum Gasteiger partial charge on any atom is 0.305 e. The van der Waals surface area contributed by atoms with Crippen LogP contribution in [0.1, 0.15) is 104 Å². The number of rotatable bonds is 17. The van der Waals surface area contributed by atoms with Gasteiger partial charge in [0.1, 0.15) is 6.61 Å². The van der Waals surface area contributed by atoms with Gasteiger partial charge < -0.3 is 9.47 Å². The summed E-state index contributed by atoms with van der Waals surface area (Å²) in [5, 5.41) is 0. The summed E-state index contributed by atoms with van der Waals surface area (Å²) in [5.74, 6) is 2.47. The third kappa shape index (κ3) is 12.9. The highest BCUT2D eigenvalue weighted by molar-refractivity contribution is 5.69. The minimum absolute atomic E-state index is 0.157. The average Bonchev–Trinajstić information content (AvgIpc) is 2.63. The van der Waals surface area contributed by atoms with Crippen molar-refractivity contribution in [3.8, 4) is 12.3 Å². The zero-order valence-electron chi connectivity index (χ0n) is 16.9.